The normalized spacial score (nSPS) is 17.9. The number of pyridine rings is 1. The summed E-state index contributed by atoms with van der Waals surface area (Å²) in [5.41, 5.74) is 1.95. The Hall–Kier alpha value is -4.00. The number of carbonyl (C=O) groups is 2. The number of aliphatic hydroxyl groups is 1. The first-order chi connectivity index (χ1) is 20.4. The molecule has 0 radical (unpaired) electrons. The third kappa shape index (κ3) is 6.82. The van der Waals surface area contributed by atoms with Gasteiger partial charge >= 0.3 is 0 Å². The smallest absolute Gasteiger partial charge is 0.259 e. The van der Waals surface area contributed by atoms with E-state index < -0.39 is 22.2 Å². The van der Waals surface area contributed by atoms with Crippen molar-refractivity contribution in [1.29, 1.82) is 0 Å². The van der Waals surface area contributed by atoms with Crippen LogP contribution in [0.4, 0.5) is 0 Å². The zero-order valence-electron chi connectivity index (χ0n) is 25.2. The Balaban J connectivity index is 1.72. The van der Waals surface area contributed by atoms with Crippen molar-refractivity contribution in [3.63, 3.8) is 0 Å². The SMILES string of the molecule is COc1cccc(S(=O)(=O)N(C)C[C@@H]2Oc3ncc(-c4cccc(C(=O)N(C)C)c4)cc3C(=O)N([C@H](C)CO)C[C@@H]2C)c1. The van der Waals surface area contributed by atoms with Crippen LogP contribution in [-0.2, 0) is 10.0 Å². The lowest BCUT2D eigenvalue weighted by molar-refractivity contribution is 0.0373. The number of rotatable bonds is 9. The zero-order valence-corrected chi connectivity index (χ0v) is 26.0. The number of ether oxygens (including phenoxy) is 2. The molecule has 0 saturated carbocycles. The first kappa shape index (κ1) is 31.9. The van der Waals surface area contributed by atoms with Gasteiger partial charge in [-0.15, -0.1) is 0 Å². The Morgan fingerprint density at radius 1 is 1.14 bits per heavy atom. The van der Waals surface area contributed by atoms with E-state index in [0.29, 0.717) is 22.4 Å². The van der Waals surface area contributed by atoms with E-state index in [9.17, 15) is 23.1 Å². The minimum Gasteiger partial charge on any atom is -0.497 e. The third-order valence-electron chi connectivity index (χ3n) is 7.56. The predicted octanol–water partition coefficient (Wildman–Crippen LogP) is 3.00. The fourth-order valence-electron chi connectivity index (χ4n) is 4.86. The highest BCUT2D eigenvalue weighted by molar-refractivity contribution is 7.89. The van der Waals surface area contributed by atoms with E-state index in [4.69, 9.17) is 9.47 Å². The van der Waals surface area contributed by atoms with Gasteiger partial charge in [-0.25, -0.2) is 13.4 Å². The van der Waals surface area contributed by atoms with Crippen LogP contribution in [0.5, 0.6) is 11.6 Å². The van der Waals surface area contributed by atoms with Crippen molar-refractivity contribution in [2.75, 3.05) is 47.9 Å². The lowest BCUT2D eigenvalue weighted by atomic mass is 9.99. The maximum atomic E-state index is 13.8. The quantitative estimate of drug-likeness (QED) is 0.392. The van der Waals surface area contributed by atoms with E-state index in [2.05, 4.69) is 4.98 Å². The summed E-state index contributed by atoms with van der Waals surface area (Å²) in [5, 5.41) is 9.97. The van der Waals surface area contributed by atoms with Crippen LogP contribution in [0.15, 0.2) is 65.7 Å². The Bertz CT molecular complexity index is 1590. The second kappa shape index (κ2) is 13.1. The van der Waals surface area contributed by atoms with E-state index >= 15 is 0 Å². The van der Waals surface area contributed by atoms with Gasteiger partial charge in [0.05, 0.1) is 31.2 Å². The minimum absolute atomic E-state index is 0.0200. The first-order valence-corrected chi connectivity index (χ1v) is 15.3. The van der Waals surface area contributed by atoms with Gasteiger partial charge in [0, 0.05) is 57.0 Å². The number of aromatic nitrogens is 1. The van der Waals surface area contributed by atoms with Gasteiger partial charge in [0.25, 0.3) is 11.8 Å². The fraction of sp³-hybridized carbons (Fsp3) is 0.387. The Kier molecular flexibility index (Phi) is 9.73. The number of aliphatic hydroxyl groups excluding tert-OH is 1. The molecule has 1 aromatic heterocycles. The first-order valence-electron chi connectivity index (χ1n) is 13.9. The molecular weight excluding hydrogens is 572 g/mol. The largest absolute Gasteiger partial charge is 0.497 e. The van der Waals surface area contributed by atoms with Gasteiger partial charge in [0.1, 0.15) is 17.4 Å². The van der Waals surface area contributed by atoms with Crippen LogP contribution in [0, 0.1) is 5.92 Å². The number of methoxy groups -OCH3 is 1. The average molecular weight is 611 g/mol. The molecule has 4 rings (SSSR count). The number of likely N-dealkylation sites (N-methyl/N-ethyl adjacent to an activating group) is 1. The molecule has 0 unspecified atom stereocenters. The summed E-state index contributed by atoms with van der Waals surface area (Å²) in [5.74, 6) is -0.359. The molecule has 1 N–H and O–H groups in total. The summed E-state index contributed by atoms with van der Waals surface area (Å²) >= 11 is 0. The lowest BCUT2D eigenvalue weighted by Gasteiger charge is -2.37. The number of hydrogen-bond donors (Lipinski definition) is 1. The Morgan fingerprint density at radius 2 is 1.86 bits per heavy atom. The van der Waals surface area contributed by atoms with Crippen LogP contribution in [0.1, 0.15) is 34.6 Å². The van der Waals surface area contributed by atoms with Crippen LogP contribution >= 0.6 is 0 Å². The van der Waals surface area contributed by atoms with Gasteiger partial charge in [-0.1, -0.05) is 25.1 Å². The molecule has 2 heterocycles. The molecule has 230 valence electrons. The van der Waals surface area contributed by atoms with E-state index in [-0.39, 0.29) is 53.8 Å². The van der Waals surface area contributed by atoms with Crippen molar-refractivity contribution in [2.24, 2.45) is 5.92 Å². The van der Waals surface area contributed by atoms with E-state index in [1.807, 2.05) is 13.0 Å². The summed E-state index contributed by atoms with van der Waals surface area (Å²) in [4.78, 5) is 34.0. The van der Waals surface area contributed by atoms with Gasteiger partial charge < -0.3 is 24.4 Å². The number of fused-ring (bicyclic) bond motifs is 1. The Morgan fingerprint density at radius 3 is 2.53 bits per heavy atom. The van der Waals surface area contributed by atoms with E-state index in [1.54, 1.807) is 68.5 Å². The molecule has 0 spiro atoms. The number of hydrogen-bond acceptors (Lipinski definition) is 8. The van der Waals surface area contributed by atoms with Crippen LogP contribution in [0.3, 0.4) is 0 Å². The molecule has 0 bridgehead atoms. The second-order valence-corrected chi connectivity index (χ2v) is 13.0. The summed E-state index contributed by atoms with van der Waals surface area (Å²) in [6.07, 6.45) is 0.885. The van der Waals surface area contributed by atoms with E-state index in [0.717, 1.165) is 0 Å². The molecule has 43 heavy (non-hydrogen) atoms. The Labute approximate surface area is 252 Å². The average Bonchev–Trinajstić information content (AvgIpc) is 3.01. The summed E-state index contributed by atoms with van der Waals surface area (Å²) < 4.78 is 39.6. The molecule has 1 aliphatic heterocycles. The molecule has 11 nitrogen and oxygen atoms in total. The van der Waals surface area contributed by atoms with Gasteiger partial charge in [-0.2, -0.15) is 4.31 Å². The molecule has 0 fully saturated rings. The van der Waals surface area contributed by atoms with Crippen LogP contribution in [0.25, 0.3) is 11.1 Å². The fourth-order valence-corrected chi connectivity index (χ4v) is 6.08. The van der Waals surface area contributed by atoms with Crippen LogP contribution < -0.4 is 9.47 Å². The van der Waals surface area contributed by atoms with Crippen molar-refractivity contribution < 1.29 is 32.6 Å². The molecule has 1 aliphatic rings. The van der Waals surface area contributed by atoms with Gasteiger partial charge in [0.2, 0.25) is 15.9 Å². The highest BCUT2D eigenvalue weighted by Gasteiger charge is 2.36. The van der Waals surface area contributed by atoms with E-state index in [1.165, 1.54) is 35.5 Å². The molecule has 2 amide bonds. The number of sulfonamides is 1. The summed E-state index contributed by atoms with van der Waals surface area (Å²) in [6.45, 7) is 3.55. The van der Waals surface area contributed by atoms with Crippen LogP contribution in [0.2, 0.25) is 0 Å². The maximum absolute atomic E-state index is 13.8. The summed E-state index contributed by atoms with van der Waals surface area (Å²) in [6, 6.07) is 14.4. The maximum Gasteiger partial charge on any atom is 0.259 e. The third-order valence-corrected chi connectivity index (χ3v) is 9.38. The summed E-state index contributed by atoms with van der Waals surface area (Å²) in [7, 11) is 2.39. The van der Waals surface area contributed by atoms with Gasteiger partial charge in [-0.3, -0.25) is 9.59 Å². The van der Waals surface area contributed by atoms with Crippen molar-refractivity contribution in [3.8, 4) is 22.8 Å². The predicted molar refractivity (Wildman–Crippen MR) is 162 cm³/mol. The van der Waals surface area contributed by atoms with Crippen molar-refractivity contribution >= 4 is 21.8 Å². The van der Waals surface area contributed by atoms with Crippen molar-refractivity contribution in [1.82, 2.24) is 19.1 Å². The van der Waals surface area contributed by atoms with Gasteiger partial charge in [-0.05, 0) is 42.8 Å². The highest BCUT2D eigenvalue weighted by atomic mass is 32.2. The topological polar surface area (TPSA) is 130 Å². The highest BCUT2D eigenvalue weighted by Crippen LogP contribution is 2.31. The molecule has 2 aromatic carbocycles. The second-order valence-electron chi connectivity index (χ2n) is 10.9. The zero-order chi connectivity index (χ0) is 31.5. The number of amides is 2. The molecule has 3 atom stereocenters. The van der Waals surface area contributed by atoms with Crippen molar-refractivity contribution in [3.05, 3.63) is 71.9 Å². The minimum atomic E-state index is -3.90. The number of benzene rings is 2. The molecule has 0 aliphatic carbocycles. The molecule has 0 saturated heterocycles. The van der Waals surface area contributed by atoms with Crippen LogP contribution in [-0.4, -0.2) is 105 Å². The number of nitrogens with zero attached hydrogens (tertiary/aromatic N) is 4. The molecular formula is C31H38N4O7S. The lowest BCUT2D eigenvalue weighted by Crippen LogP contribution is -2.50. The van der Waals surface area contributed by atoms with Crippen molar-refractivity contribution in [2.45, 2.75) is 30.9 Å². The standard InChI is InChI=1S/C31H38N4O7S/c1-20-17-35(21(2)19-36)31(38)27-14-24(22-9-7-10-23(13-22)30(37)33(3)4)16-32-29(27)42-28(20)18-34(5)43(39,40)26-12-8-11-25(15-26)41-6/h7-16,20-21,28,36H,17-19H2,1-6H3/t20-,21+,28-/m0/s1. The number of carbonyl (C=O) groups excluding carboxylic acids is 2. The van der Waals surface area contributed by atoms with Gasteiger partial charge in [0.15, 0.2) is 0 Å². The monoisotopic (exact) mass is 610 g/mol. The molecule has 12 heteroatoms. The molecule has 3 aromatic rings.